The minimum atomic E-state index is 0.0456. The summed E-state index contributed by atoms with van der Waals surface area (Å²) in [6, 6.07) is 10.1. The molecular formula is C10H12N4OS. The van der Waals surface area contributed by atoms with E-state index < -0.39 is 0 Å². The summed E-state index contributed by atoms with van der Waals surface area (Å²) in [5.41, 5.74) is 1.23. The molecule has 16 heavy (non-hydrogen) atoms. The van der Waals surface area contributed by atoms with E-state index in [0.717, 1.165) is 10.9 Å². The zero-order chi connectivity index (χ0) is 11.2. The lowest BCUT2D eigenvalue weighted by Crippen LogP contribution is -2.05. The molecule has 1 N–H and O–H groups in total. The smallest absolute Gasteiger partial charge is 0.209 e. The van der Waals surface area contributed by atoms with Crippen LogP contribution in [0.1, 0.15) is 5.56 Å². The van der Waals surface area contributed by atoms with Crippen LogP contribution in [0.3, 0.4) is 0 Å². The average molecular weight is 236 g/mol. The molecule has 0 amide bonds. The normalized spacial score (nSPS) is 10.6. The first-order valence-corrected chi connectivity index (χ1v) is 5.92. The van der Waals surface area contributed by atoms with Crippen LogP contribution in [0.4, 0.5) is 0 Å². The molecular weight excluding hydrogens is 224 g/mol. The molecule has 2 aromatic rings. The first-order chi connectivity index (χ1) is 7.90. The average Bonchev–Trinajstić information content (AvgIpc) is 2.76. The highest BCUT2D eigenvalue weighted by molar-refractivity contribution is 7.98. The van der Waals surface area contributed by atoms with Gasteiger partial charge in [0.15, 0.2) is 0 Å². The summed E-state index contributed by atoms with van der Waals surface area (Å²) in [6.07, 6.45) is 0. The van der Waals surface area contributed by atoms with E-state index in [1.54, 1.807) is 16.4 Å². The van der Waals surface area contributed by atoms with Crippen LogP contribution in [-0.2, 0) is 12.3 Å². The predicted octanol–water partition coefficient (Wildman–Crippen LogP) is 0.958. The number of hydrogen-bond donors (Lipinski definition) is 1. The number of aliphatic hydroxyl groups is 1. The Hall–Kier alpha value is -1.40. The molecule has 0 bridgehead atoms. The predicted molar refractivity (Wildman–Crippen MR) is 60.9 cm³/mol. The van der Waals surface area contributed by atoms with Crippen molar-refractivity contribution in [1.29, 1.82) is 0 Å². The quantitative estimate of drug-likeness (QED) is 0.783. The van der Waals surface area contributed by atoms with Gasteiger partial charge in [0.25, 0.3) is 0 Å². The molecule has 0 saturated heterocycles. The molecule has 6 heteroatoms. The molecule has 0 saturated carbocycles. The van der Waals surface area contributed by atoms with Crippen LogP contribution in [0.5, 0.6) is 0 Å². The lowest BCUT2D eigenvalue weighted by Gasteiger charge is -2.01. The van der Waals surface area contributed by atoms with Gasteiger partial charge in [0, 0.05) is 5.75 Å². The molecule has 0 atom stereocenters. The number of tetrazole rings is 1. The van der Waals surface area contributed by atoms with Crippen molar-refractivity contribution < 1.29 is 5.11 Å². The van der Waals surface area contributed by atoms with Crippen molar-refractivity contribution in [1.82, 2.24) is 20.2 Å². The molecule has 0 aliphatic heterocycles. The van der Waals surface area contributed by atoms with E-state index in [1.807, 2.05) is 18.2 Å². The SMILES string of the molecule is OCCn1nnnc1SCc1ccccc1. The van der Waals surface area contributed by atoms with Crippen molar-refractivity contribution in [2.24, 2.45) is 0 Å². The van der Waals surface area contributed by atoms with Gasteiger partial charge in [-0.25, -0.2) is 4.68 Å². The molecule has 1 aromatic carbocycles. The number of thioether (sulfide) groups is 1. The number of aromatic nitrogens is 4. The minimum absolute atomic E-state index is 0.0456. The number of hydrogen-bond acceptors (Lipinski definition) is 5. The number of rotatable bonds is 5. The Morgan fingerprint density at radius 2 is 2.06 bits per heavy atom. The highest BCUT2D eigenvalue weighted by Gasteiger charge is 2.05. The molecule has 5 nitrogen and oxygen atoms in total. The Bertz CT molecular complexity index is 431. The highest BCUT2D eigenvalue weighted by atomic mass is 32.2. The van der Waals surface area contributed by atoms with Gasteiger partial charge in [-0.1, -0.05) is 42.1 Å². The Labute approximate surface area is 97.5 Å². The van der Waals surface area contributed by atoms with E-state index in [9.17, 15) is 0 Å². The first kappa shape index (κ1) is 11.1. The molecule has 0 fully saturated rings. The third-order valence-corrected chi connectivity index (χ3v) is 3.05. The molecule has 0 radical (unpaired) electrons. The van der Waals surface area contributed by atoms with E-state index in [-0.39, 0.29) is 6.61 Å². The van der Waals surface area contributed by atoms with Crippen molar-refractivity contribution in [3.63, 3.8) is 0 Å². The van der Waals surface area contributed by atoms with E-state index >= 15 is 0 Å². The van der Waals surface area contributed by atoms with E-state index in [1.165, 1.54) is 5.56 Å². The number of nitrogens with zero attached hydrogens (tertiary/aromatic N) is 4. The third kappa shape index (κ3) is 2.80. The second-order valence-corrected chi connectivity index (χ2v) is 4.12. The minimum Gasteiger partial charge on any atom is -0.394 e. The summed E-state index contributed by atoms with van der Waals surface area (Å²) in [5, 5.41) is 20.8. The summed E-state index contributed by atoms with van der Waals surface area (Å²) < 4.78 is 1.60. The van der Waals surface area contributed by atoms with Gasteiger partial charge < -0.3 is 5.11 Å². The maximum Gasteiger partial charge on any atom is 0.209 e. The Balaban J connectivity index is 1.97. The van der Waals surface area contributed by atoms with Crippen molar-refractivity contribution in [2.75, 3.05) is 6.61 Å². The maximum absolute atomic E-state index is 8.82. The van der Waals surface area contributed by atoms with Crippen LogP contribution in [-0.4, -0.2) is 31.9 Å². The van der Waals surface area contributed by atoms with E-state index in [4.69, 9.17) is 5.11 Å². The molecule has 1 heterocycles. The van der Waals surface area contributed by atoms with Gasteiger partial charge in [-0.3, -0.25) is 0 Å². The second-order valence-electron chi connectivity index (χ2n) is 3.18. The molecule has 0 aliphatic rings. The van der Waals surface area contributed by atoms with Crippen molar-refractivity contribution in [2.45, 2.75) is 17.5 Å². The summed E-state index contributed by atoms with van der Waals surface area (Å²) in [4.78, 5) is 0. The van der Waals surface area contributed by atoms with Crippen LogP contribution in [0, 0.1) is 0 Å². The Morgan fingerprint density at radius 3 is 2.81 bits per heavy atom. The summed E-state index contributed by atoms with van der Waals surface area (Å²) in [5.74, 6) is 0.826. The van der Waals surface area contributed by atoms with Gasteiger partial charge >= 0.3 is 0 Å². The number of benzene rings is 1. The van der Waals surface area contributed by atoms with Crippen LogP contribution in [0.2, 0.25) is 0 Å². The van der Waals surface area contributed by atoms with E-state index in [2.05, 4.69) is 27.7 Å². The van der Waals surface area contributed by atoms with Crippen molar-refractivity contribution in [3.8, 4) is 0 Å². The summed E-state index contributed by atoms with van der Waals surface area (Å²) >= 11 is 1.56. The van der Waals surface area contributed by atoms with Crippen molar-refractivity contribution >= 4 is 11.8 Å². The fraction of sp³-hybridized carbons (Fsp3) is 0.300. The van der Waals surface area contributed by atoms with Gasteiger partial charge in [0.05, 0.1) is 13.2 Å². The fourth-order valence-electron chi connectivity index (χ4n) is 1.26. The molecule has 0 unspecified atom stereocenters. The van der Waals surface area contributed by atoms with E-state index in [0.29, 0.717) is 6.54 Å². The lowest BCUT2D eigenvalue weighted by molar-refractivity contribution is 0.262. The third-order valence-electron chi connectivity index (χ3n) is 2.02. The van der Waals surface area contributed by atoms with Crippen LogP contribution in [0.25, 0.3) is 0 Å². The van der Waals surface area contributed by atoms with Gasteiger partial charge in [0.1, 0.15) is 0 Å². The number of aliphatic hydroxyl groups excluding tert-OH is 1. The Kier molecular flexibility index (Phi) is 3.90. The summed E-state index contributed by atoms with van der Waals surface area (Å²) in [6.45, 7) is 0.480. The van der Waals surface area contributed by atoms with Gasteiger partial charge in [0.2, 0.25) is 5.16 Å². The highest BCUT2D eigenvalue weighted by Crippen LogP contribution is 2.19. The maximum atomic E-state index is 8.82. The monoisotopic (exact) mass is 236 g/mol. The van der Waals surface area contributed by atoms with Crippen molar-refractivity contribution in [3.05, 3.63) is 35.9 Å². The first-order valence-electron chi connectivity index (χ1n) is 4.94. The zero-order valence-corrected chi connectivity index (χ0v) is 9.47. The lowest BCUT2D eigenvalue weighted by atomic mass is 10.2. The molecule has 1 aromatic heterocycles. The van der Waals surface area contributed by atoms with Crippen LogP contribution in [0.15, 0.2) is 35.5 Å². The van der Waals surface area contributed by atoms with Gasteiger partial charge in [-0.05, 0) is 16.0 Å². The largest absolute Gasteiger partial charge is 0.394 e. The van der Waals surface area contributed by atoms with Gasteiger partial charge in [-0.15, -0.1) is 5.10 Å². The van der Waals surface area contributed by atoms with Crippen LogP contribution >= 0.6 is 11.8 Å². The zero-order valence-electron chi connectivity index (χ0n) is 8.65. The molecule has 0 aliphatic carbocycles. The molecule has 2 rings (SSSR count). The Morgan fingerprint density at radius 1 is 1.25 bits per heavy atom. The van der Waals surface area contributed by atoms with Crippen LogP contribution < -0.4 is 0 Å². The molecule has 0 spiro atoms. The standard InChI is InChI=1S/C10H12N4OS/c15-7-6-14-10(11-12-13-14)16-8-9-4-2-1-3-5-9/h1-5,15H,6-8H2. The summed E-state index contributed by atoms with van der Waals surface area (Å²) in [7, 11) is 0. The topological polar surface area (TPSA) is 63.8 Å². The molecule has 84 valence electrons. The fourth-order valence-corrected chi connectivity index (χ4v) is 2.12. The second kappa shape index (κ2) is 5.62. The van der Waals surface area contributed by atoms with Gasteiger partial charge in [-0.2, -0.15) is 0 Å².